The summed E-state index contributed by atoms with van der Waals surface area (Å²) in [5.41, 5.74) is 0. The lowest BCUT2D eigenvalue weighted by molar-refractivity contribution is 1.51. The molecule has 2 aromatic heterocycles. The van der Waals surface area contributed by atoms with Crippen molar-refractivity contribution in [1.29, 1.82) is 0 Å². The van der Waals surface area contributed by atoms with Crippen molar-refractivity contribution in [3.8, 4) is 0 Å². The molecule has 0 aliphatic rings. The van der Waals surface area contributed by atoms with E-state index in [9.17, 15) is 0 Å². The third kappa shape index (κ3) is 0.676. The standard InChI is InChI=1S/C10H7NS/c1-2-4-9-7(3-1)8-5-6-11-10(8)12-9/h1-6,11H. The highest BCUT2D eigenvalue weighted by molar-refractivity contribution is 7.25. The number of rotatable bonds is 0. The van der Waals surface area contributed by atoms with E-state index in [0.29, 0.717) is 0 Å². The zero-order valence-electron chi connectivity index (χ0n) is 6.37. The monoisotopic (exact) mass is 173 g/mol. The first-order chi connectivity index (χ1) is 5.95. The van der Waals surface area contributed by atoms with Gasteiger partial charge in [-0.1, -0.05) is 18.2 Å². The van der Waals surface area contributed by atoms with Crippen LogP contribution in [0.5, 0.6) is 0 Å². The largest absolute Gasteiger partial charge is 0.353 e. The normalized spacial score (nSPS) is 11.3. The van der Waals surface area contributed by atoms with Gasteiger partial charge < -0.3 is 4.98 Å². The average Bonchev–Trinajstić information content (AvgIpc) is 2.62. The lowest BCUT2D eigenvalue weighted by atomic mass is 10.2. The van der Waals surface area contributed by atoms with Gasteiger partial charge in [0.2, 0.25) is 0 Å². The molecule has 0 aliphatic carbocycles. The first kappa shape index (κ1) is 6.26. The third-order valence-corrected chi connectivity index (χ3v) is 3.22. The Balaban J connectivity index is 2.68. The Bertz CT molecular complexity index is 532. The molecular weight excluding hydrogens is 166 g/mol. The van der Waals surface area contributed by atoms with Crippen LogP contribution >= 0.6 is 11.3 Å². The van der Waals surface area contributed by atoms with E-state index in [2.05, 4.69) is 35.3 Å². The maximum absolute atomic E-state index is 3.23. The van der Waals surface area contributed by atoms with Crippen molar-refractivity contribution >= 4 is 31.6 Å². The minimum Gasteiger partial charge on any atom is -0.353 e. The molecule has 58 valence electrons. The van der Waals surface area contributed by atoms with Crippen molar-refractivity contribution in [3.63, 3.8) is 0 Å². The molecule has 2 heterocycles. The van der Waals surface area contributed by atoms with Crippen molar-refractivity contribution in [2.75, 3.05) is 0 Å². The molecule has 0 aliphatic heterocycles. The summed E-state index contributed by atoms with van der Waals surface area (Å²) in [6.07, 6.45) is 1.99. The molecule has 0 amide bonds. The molecule has 3 rings (SSSR count). The van der Waals surface area contributed by atoms with E-state index in [1.165, 1.54) is 20.3 Å². The summed E-state index contributed by atoms with van der Waals surface area (Å²) in [5.74, 6) is 0. The van der Waals surface area contributed by atoms with Crippen molar-refractivity contribution in [1.82, 2.24) is 4.98 Å². The van der Waals surface area contributed by atoms with Crippen molar-refractivity contribution in [2.24, 2.45) is 0 Å². The molecular formula is C10H7NS. The van der Waals surface area contributed by atoms with Gasteiger partial charge in [-0.25, -0.2) is 0 Å². The molecule has 0 unspecified atom stereocenters. The summed E-state index contributed by atoms with van der Waals surface area (Å²) in [6.45, 7) is 0. The maximum Gasteiger partial charge on any atom is 0.101 e. The molecule has 0 fully saturated rings. The van der Waals surface area contributed by atoms with Crippen LogP contribution in [0.4, 0.5) is 0 Å². The Morgan fingerprint density at radius 3 is 2.92 bits per heavy atom. The van der Waals surface area contributed by atoms with Gasteiger partial charge in [0.1, 0.15) is 4.83 Å². The fraction of sp³-hybridized carbons (Fsp3) is 0. The van der Waals surface area contributed by atoms with Crippen LogP contribution in [0.1, 0.15) is 0 Å². The Morgan fingerprint density at radius 2 is 1.92 bits per heavy atom. The Hall–Kier alpha value is -1.28. The minimum absolute atomic E-state index is 1.27. The predicted molar refractivity (Wildman–Crippen MR) is 53.7 cm³/mol. The average molecular weight is 173 g/mol. The van der Waals surface area contributed by atoms with Gasteiger partial charge in [0.15, 0.2) is 0 Å². The Kier molecular flexibility index (Phi) is 1.10. The van der Waals surface area contributed by atoms with Crippen LogP contribution in [-0.2, 0) is 0 Å². The number of aromatic nitrogens is 1. The first-order valence-electron chi connectivity index (χ1n) is 3.90. The number of thiophene rings is 1. The SMILES string of the molecule is c1ccc2c(c1)sc1[nH]ccc12. The second kappa shape index (κ2) is 2.11. The number of hydrogen-bond acceptors (Lipinski definition) is 1. The quantitative estimate of drug-likeness (QED) is 0.536. The summed E-state index contributed by atoms with van der Waals surface area (Å²) in [6, 6.07) is 10.6. The number of aromatic amines is 1. The van der Waals surface area contributed by atoms with Gasteiger partial charge in [0, 0.05) is 21.7 Å². The lowest BCUT2D eigenvalue weighted by Gasteiger charge is -1.84. The van der Waals surface area contributed by atoms with Crippen molar-refractivity contribution < 1.29 is 0 Å². The molecule has 3 aromatic rings. The highest BCUT2D eigenvalue weighted by atomic mass is 32.1. The maximum atomic E-state index is 3.23. The van der Waals surface area contributed by atoms with Gasteiger partial charge in [-0.15, -0.1) is 11.3 Å². The topological polar surface area (TPSA) is 15.8 Å². The van der Waals surface area contributed by atoms with Gasteiger partial charge in [-0.05, 0) is 12.1 Å². The zero-order chi connectivity index (χ0) is 7.97. The van der Waals surface area contributed by atoms with Crippen LogP contribution in [0, 0.1) is 0 Å². The summed E-state index contributed by atoms with van der Waals surface area (Å²) in [7, 11) is 0. The number of nitrogens with one attached hydrogen (secondary N) is 1. The fourth-order valence-electron chi connectivity index (χ4n) is 1.54. The molecule has 0 radical (unpaired) electrons. The van der Waals surface area contributed by atoms with E-state index >= 15 is 0 Å². The van der Waals surface area contributed by atoms with Crippen LogP contribution in [0.3, 0.4) is 0 Å². The highest BCUT2D eigenvalue weighted by Crippen LogP contribution is 2.32. The Labute approximate surface area is 73.6 Å². The number of hydrogen-bond donors (Lipinski definition) is 1. The van der Waals surface area contributed by atoms with E-state index in [1.807, 2.05) is 17.5 Å². The van der Waals surface area contributed by atoms with Crippen LogP contribution in [0.15, 0.2) is 36.5 Å². The van der Waals surface area contributed by atoms with Crippen LogP contribution in [0.25, 0.3) is 20.3 Å². The molecule has 1 aromatic carbocycles. The van der Waals surface area contributed by atoms with E-state index in [4.69, 9.17) is 0 Å². The van der Waals surface area contributed by atoms with Gasteiger partial charge in [-0.2, -0.15) is 0 Å². The van der Waals surface area contributed by atoms with E-state index in [1.54, 1.807) is 0 Å². The fourth-order valence-corrected chi connectivity index (χ4v) is 2.61. The minimum atomic E-state index is 1.27. The summed E-state index contributed by atoms with van der Waals surface area (Å²) < 4.78 is 1.36. The van der Waals surface area contributed by atoms with Crippen LogP contribution in [-0.4, -0.2) is 4.98 Å². The second-order valence-corrected chi connectivity index (χ2v) is 3.87. The van der Waals surface area contributed by atoms with Gasteiger partial charge in [0.05, 0.1) is 0 Å². The van der Waals surface area contributed by atoms with E-state index < -0.39 is 0 Å². The molecule has 0 bridgehead atoms. The van der Waals surface area contributed by atoms with Gasteiger partial charge in [0.25, 0.3) is 0 Å². The van der Waals surface area contributed by atoms with E-state index in [0.717, 1.165) is 0 Å². The second-order valence-electron chi connectivity index (χ2n) is 2.82. The zero-order valence-corrected chi connectivity index (χ0v) is 7.19. The molecule has 0 saturated heterocycles. The number of benzene rings is 1. The Morgan fingerprint density at radius 1 is 1.00 bits per heavy atom. The molecule has 0 atom stereocenters. The summed E-state index contributed by atoms with van der Waals surface area (Å²) in [4.78, 5) is 4.50. The first-order valence-corrected chi connectivity index (χ1v) is 4.71. The van der Waals surface area contributed by atoms with Crippen LogP contribution < -0.4 is 0 Å². The van der Waals surface area contributed by atoms with Gasteiger partial charge >= 0.3 is 0 Å². The molecule has 1 N–H and O–H groups in total. The van der Waals surface area contributed by atoms with E-state index in [-0.39, 0.29) is 0 Å². The van der Waals surface area contributed by atoms with Crippen molar-refractivity contribution in [3.05, 3.63) is 36.5 Å². The predicted octanol–water partition coefficient (Wildman–Crippen LogP) is 3.38. The number of H-pyrrole nitrogens is 1. The highest BCUT2D eigenvalue weighted by Gasteiger charge is 2.02. The molecule has 0 saturated carbocycles. The summed E-state index contributed by atoms with van der Waals surface area (Å²) >= 11 is 1.81. The number of fused-ring (bicyclic) bond motifs is 3. The van der Waals surface area contributed by atoms with Crippen LogP contribution in [0.2, 0.25) is 0 Å². The third-order valence-electron chi connectivity index (χ3n) is 2.10. The molecule has 2 heteroatoms. The smallest absolute Gasteiger partial charge is 0.101 e. The molecule has 0 spiro atoms. The van der Waals surface area contributed by atoms with Gasteiger partial charge in [-0.3, -0.25) is 0 Å². The molecule has 1 nitrogen and oxygen atoms in total. The lowest BCUT2D eigenvalue weighted by Crippen LogP contribution is -1.59. The van der Waals surface area contributed by atoms with Crippen molar-refractivity contribution in [2.45, 2.75) is 0 Å². The molecule has 12 heavy (non-hydrogen) atoms. The summed E-state index contributed by atoms with van der Waals surface area (Å²) in [5, 5.41) is 2.70.